The Bertz CT molecular complexity index is 467. The molecule has 1 saturated heterocycles. The molecule has 1 unspecified atom stereocenters. The number of likely N-dealkylation sites (tertiary alicyclic amines) is 1. The second-order valence-corrected chi connectivity index (χ2v) is 7.53. The van der Waals surface area contributed by atoms with E-state index < -0.39 is 0 Å². The third-order valence-electron chi connectivity index (χ3n) is 3.47. The van der Waals surface area contributed by atoms with Crippen molar-refractivity contribution in [2.24, 2.45) is 0 Å². The van der Waals surface area contributed by atoms with Crippen molar-refractivity contribution in [3.63, 3.8) is 0 Å². The van der Waals surface area contributed by atoms with Gasteiger partial charge in [-0.15, -0.1) is 0 Å². The molecule has 5 heteroatoms. The first-order valence-electron chi connectivity index (χ1n) is 6.45. The molecule has 0 saturated carbocycles. The minimum atomic E-state index is 0.150. The van der Waals surface area contributed by atoms with Crippen molar-refractivity contribution in [1.29, 1.82) is 0 Å². The van der Waals surface area contributed by atoms with Crippen molar-refractivity contribution in [1.82, 2.24) is 4.90 Å². The topological polar surface area (TPSA) is 20.3 Å². The van der Waals surface area contributed by atoms with Gasteiger partial charge in [0.25, 0.3) is 5.91 Å². The fourth-order valence-electron chi connectivity index (χ4n) is 2.42. The first-order chi connectivity index (χ1) is 9.13. The number of benzene rings is 1. The van der Waals surface area contributed by atoms with Gasteiger partial charge >= 0.3 is 0 Å². The summed E-state index contributed by atoms with van der Waals surface area (Å²) in [6, 6.07) is 6.24. The number of amides is 1. The van der Waals surface area contributed by atoms with Crippen LogP contribution in [0.25, 0.3) is 0 Å². The molecule has 0 spiro atoms. The Morgan fingerprint density at radius 2 is 2.16 bits per heavy atom. The van der Waals surface area contributed by atoms with E-state index in [9.17, 15) is 4.79 Å². The van der Waals surface area contributed by atoms with Crippen LogP contribution in [-0.2, 0) is 0 Å². The number of carbonyl (C=O) groups excluding carboxylic acids is 1. The third-order valence-corrected chi connectivity index (χ3v) is 5.58. The van der Waals surface area contributed by atoms with Crippen LogP contribution in [-0.4, -0.2) is 28.7 Å². The Hall–Kier alpha value is 0.380. The molecule has 1 atom stereocenters. The largest absolute Gasteiger partial charge is 0.335 e. The molecule has 1 amide bonds. The highest BCUT2D eigenvalue weighted by Crippen LogP contribution is 2.25. The highest BCUT2D eigenvalue weighted by Gasteiger charge is 2.26. The van der Waals surface area contributed by atoms with Crippen molar-refractivity contribution in [3.05, 3.63) is 31.8 Å². The van der Waals surface area contributed by atoms with Gasteiger partial charge in [0.05, 0.1) is 5.56 Å². The van der Waals surface area contributed by atoms with E-state index >= 15 is 0 Å². The average molecular weight is 501 g/mol. The van der Waals surface area contributed by atoms with Crippen molar-refractivity contribution in [2.75, 3.05) is 11.9 Å². The highest BCUT2D eigenvalue weighted by molar-refractivity contribution is 14.1. The number of alkyl halides is 1. The minimum Gasteiger partial charge on any atom is -0.335 e. The Kier molecular flexibility index (Phi) is 6.14. The number of nitrogens with zero attached hydrogens (tertiary/aromatic N) is 1. The summed E-state index contributed by atoms with van der Waals surface area (Å²) >= 11 is 9.30. The van der Waals surface area contributed by atoms with Crippen molar-refractivity contribution in [3.8, 4) is 0 Å². The fourth-order valence-corrected chi connectivity index (χ4v) is 4.00. The smallest absolute Gasteiger partial charge is 0.255 e. The van der Waals surface area contributed by atoms with Gasteiger partial charge < -0.3 is 4.90 Å². The molecule has 0 N–H and O–H groups in total. The third kappa shape index (κ3) is 3.94. The van der Waals surface area contributed by atoms with E-state index in [0.717, 1.165) is 38.3 Å². The van der Waals surface area contributed by atoms with Crippen LogP contribution in [0.1, 0.15) is 36.0 Å². The van der Waals surface area contributed by atoms with E-state index in [2.05, 4.69) is 54.5 Å². The number of rotatable bonds is 2. The second kappa shape index (κ2) is 7.41. The molecule has 1 aromatic rings. The molecule has 19 heavy (non-hydrogen) atoms. The van der Waals surface area contributed by atoms with Crippen LogP contribution >= 0.6 is 54.5 Å². The fraction of sp³-hybridized carbons (Fsp3) is 0.500. The zero-order valence-electron chi connectivity index (χ0n) is 10.5. The summed E-state index contributed by atoms with van der Waals surface area (Å²) in [5.74, 6) is 0.150. The molecule has 1 aliphatic rings. The molecule has 0 bridgehead atoms. The van der Waals surface area contributed by atoms with Crippen LogP contribution in [0.3, 0.4) is 0 Å². The number of hydrogen-bond acceptors (Lipinski definition) is 1. The first kappa shape index (κ1) is 15.8. The maximum atomic E-state index is 12.8. The van der Waals surface area contributed by atoms with Gasteiger partial charge in [-0.1, -0.05) is 28.8 Å². The van der Waals surface area contributed by atoms with Crippen LogP contribution in [0.5, 0.6) is 0 Å². The highest BCUT2D eigenvalue weighted by atomic mass is 127. The molecular weight excluding hydrogens is 485 g/mol. The van der Waals surface area contributed by atoms with Gasteiger partial charge in [-0.3, -0.25) is 4.79 Å². The zero-order chi connectivity index (χ0) is 13.8. The molecule has 0 radical (unpaired) electrons. The van der Waals surface area contributed by atoms with Gasteiger partial charge in [0.1, 0.15) is 0 Å². The molecule has 1 fully saturated rings. The van der Waals surface area contributed by atoms with E-state index in [1.165, 1.54) is 12.8 Å². The zero-order valence-corrected chi connectivity index (χ0v) is 15.9. The van der Waals surface area contributed by atoms with Gasteiger partial charge in [0.2, 0.25) is 0 Å². The summed E-state index contributed by atoms with van der Waals surface area (Å²) < 4.78 is 1.98. The molecule has 2 nitrogen and oxygen atoms in total. The lowest BCUT2D eigenvalue weighted by molar-refractivity contribution is 0.0701. The van der Waals surface area contributed by atoms with E-state index in [0.29, 0.717) is 6.04 Å². The molecule has 104 valence electrons. The van der Waals surface area contributed by atoms with Gasteiger partial charge in [0, 0.05) is 26.0 Å². The van der Waals surface area contributed by atoms with Crippen LogP contribution in [0.15, 0.2) is 22.7 Å². The molecule has 1 heterocycles. The van der Waals surface area contributed by atoms with E-state index in [4.69, 9.17) is 0 Å². The van der Waals surface area contributed by atoms with Gasteiger partial charge in [0.15, 0.2) is 0 Å². The molecule has 0 aromatic heterocycles. The van der Waals surface area contributed by atoms with Crippen molar-refractivity contribution in [2.45, 2.75) is 31.7 Å². The lowest BCUT2D eigenvalue weighted by Gasteiger charge is -2.29. The summed E-state index contributed by atoms with van der Waals surface area (Å²) in [6.45, 7) is 0.868. The van der Waals surface area contributed by atoms with E-state index in [1.54, 1.807) is 0 Å². The van der Waals surface area contributed by atoms with Crippen LogP contribution in [0, 0.1) is 3.57 Å². The molecular formula is C14H16Br2INO. The van der Waals surface area contributed by atoms with Crippen LogP contribution in [0.2, 0.25) is 0 Å². The van der Waals surface area contributed by atoms with Crippen molar-refractivity contribution >= 4 is 60.4 Å². The molecule has 1 aliphatic heterocycles. The maximum absolute atomic E-state index is 12.8. The van der Waals surface area contributed by atoms with Crippen molar-refractivity contribution < 1.29 is 4.79 Å². The predicted molar refractivity (Wildman–Crippen MR) is 93.9 cm³/mol. The van der Waals surface area contributed by atoms with E-state index in [-0.39, 0.29) is 5.91 Å². The summed E-state index contributed by atoms with van der Waals surface area (Å²) in [7, 11) is 0. The van der Waals surface area contributed by atoms with Gasteiger partial charge in [-0.05, 0) is 69.6 Å². The molecule has 2 rings (SSSR count). The first-order valence-corrected chi connectivity index (χ1v) is 9.45. The second-order valence-electron chi connectivity index (χ2n) is 4.78. The van der Waals surface area contributed by atoms with Crippen LogP contribution in [0.4, 0.5) is 0 Å². The summed E-state index contributed by atoms with van der Waals surface area (Å²) in [6.07, 6.45) is 4.64. The van der Waals surface area contributed by atoms with Gasteiger partial charge in [-0.25, -0.2) is 0 Å². The Labute approximate surface area is 144 Å². The Balaban J connectivity index is 2.27. The quantitative estimate of drug-likeness (QED) is 0.420. The van der Waals surface area contributed by atoms with Gasteiger partial charge in [-0.2, -0.15) is 0 Å². The monoisotopic (exact) mass is 499 g/mol. The Morgan fingerprint density at radius 1 is 1.37 bits per heavy atom. The maximum Gasteiger partial charge on any atom is 0.255 e. The minimum absolute atomic E-state index is 0.150. The predicted octanol–water partition coefficient (Wildman–Crippen LogP) is 4.83. The number of hydrogen-bond donors (Lipinski definition) is 0. The SMILES string of the molecule is O=C(c1cc(I)ccc1Br)N1CCCCCC1CBr. The summed E-state index contributed by atoms with van der Waals surface area (Å²) in [4.78, 5) is 14.8. The lowest BCUT2D eigenvalue weighted by atomic mass is 10.1. The molecule has 1 aromatic carbocycles. The molecule has 0 aliphatic carbocycles. The standard InChI is InChI=1S/C14H16Br2INO/c15-9-11-4-2-1-3-7-18(11)14(19)12-8-10(17)5-6-13(12)16/h5-6,8,11H,1-4,7,9H2. The number of carbonyl (C=O) groups is 1. The summed E-state index contributed by atoms with van der Waals surface area (Å²) in [5.41, 5.74) is 0.778. The lowest BCUT2D eigenvalue weighted by Crippen LogP contribution is -2.41. The average Bonchev–Trinajstić information content (AvgIpc) is 2.65. The normalized spacial score (nSPS) is 20.2. The van der Waals surface area contributed by atoms with Crippen LogP contribution < -0.4 is 0 Å². The summed E-state index contributed by atoms with van der Waals surface area (Å²) in [5, 5.41) is 0.861. The van der Waals surface area contributed by atoms with E-state index in [1.807, 2.05) is 23.1 Å². The Morgan fingerprint density at radius 3 is 2.89 bits per heavy atom. The number of halogens is 3.